The zero-order valence-electron chi connectivity index (χ0n) is 12.9. The highest BCUT2D eigenvalue weighted by molar-refractivity contribution is 5.74. The molecule has 0 aromatic heterocycles. The van der Waals surface area contributed by atoms with Gasteiger partial charge in [-0.1, -0.05) is 57.2 Å². The van der Waals surface area contributed by atoms with Crippen molar-refractivity contribution in [2.45, 2.75) is 46.6 Å². The Labute approximate surface area is 122 Å². The minimum absolute atomic E-state index is 0.595. The van der Waals surface area contributed by atoms with Crippen LogP contribution in [0.15, 0.2) is 36.4 Å². The summed E-state index contributed by atoms with van der Waals surface area (Å²) in [6.45, 7) is 7.30. The fourth-order valence-electron chi connectivity index (χ4n) is 2.89. The zero-order valence-corrected chi connectivity index (χ0v) is 12.9. The lowest BCUT2D eigenvalue weighted by atomic mass is 9.87. The molecule has 1 nitrogen and oxygen atoms in total. The van der Waals surface area contributed by atoms with Gasteiger partial charge in [-0.3, -0.25) is 0 Å². The Balaban J connectivity index is 2.71. The van der Waals surface area contributed by atoms with Crippen molar-refractivity contribution in [3.05, 3.63) is 58.7 Å². The standard InChI is InChI=1S/C19H25N/c1-4-14-11-15(5-2)19(16(6-3)12-14)18-10-8-7-9-17(18)13-20/h7-12H,4-6,13,20H2,1-3H3. The van der Waals surface area contributed by atoms with Crippen molar-refractivity contribution in [1.82, 2.24) is 0 Å². The van der Waals surface area contributed by atoms with Gasteiger partial charge in [0.2, 0.25) is 0 Å². The second kappa shape index (κ2) is 6.71. The molecule has 0 radical (unpaired) electrons. The number of benzene rings is 2. The first-order chi connectivity index (χ1) is 9.74. The smallest absolute Gasteiger partial charge is 0.0184 e. The summed E-state index contributed by atoms with van der Waals surface area (Å²) < 4.78 is 0. The van der Waals surface area contributed by atoms with Gasteiger partial charge >= 0.3 is 0 Å². The quantitative estimate of drug-likeness (QED) is 0.848. The van der Waals surface area contributed by atoms with Crippen LogP contribution in [0.5, 0.6) is 0 Å². The van der Waals surface area contributed by atoms with Gasteiger partial charge in [-0.15, -0.1) is 0 Å². The van der Waals surface area contributed by atoms with Gasteiger partial charge in [-0.2, -0.15) is 0 Å². The monoisotopic (exact) mass is 267 g/mol. The molecule has 0 aliphatic heterocycles. The van der Waals surface area contributed by atoms with Gasteiger partial charge in [-0.25, -0.2) is 0 Å². The maximum atomic E-state index is 5.93. The largest absolute Gasteiger partial charge is 0.326 e. The van der Waals surface area contributed by atoms with Crippen LogP contribution in [0.4, 0.5) is 0 Å². The van der Waals surface area contributed by atoms with Crippen molar-refractivity contribution in [2.75, 3.05) is 0 Å². The van der Waals surface area contributed by atoms with Crippen molar-refractivity contribution in [2.24, 2.45) is 5.73 Å². The molecule has 0 amide bonds. The lowest BCUT2D eigenvalue weighted by Crippen LogP contribution is -2.03. The molecule has 0 spiro atoms. The molecule has 2 aromatic rings. The molecular formula is C19H25N. The van der Waals surface area contributed by atoms with Gasteiger partial charge in [-0.05, 0) is 52.6 Å². The molecular weight excluding hydrogens is 242 g/mol. The molecule has 0 bridgehead atoms. The highest BCUT2D eigenvalue weighted by Gasteiger charge is 2.13. The van der Waals surface area contributed by atoms with Crippen LogP contribution in [0.3, 0.4) is 0 Å². The Morgan fingerprint density at radius 2 is 1.40 bits per heavy atom. The van der Waals surface area contributed by atoms with E-state index in [1.54, 1.807) is 0 Å². The van der Waals surface area contributed by atoms with E-state index in [-0.39, 0.29) is 0 Å². The Hall–Kier alpha value is -1.60. The van der Waals surface area contributed by atoms with Crippen LogP contribution in [0.1, 0.15) is 43.0 Å². The first-order valence-electron chi connectivity index (χ1n) is 7.68. The average molecular weight is 267 g/mol. The molecule has 0 aliphatic rings. The second-order valence-electron chi connectivity index (χ2n) is 5.21. The van der Waals surface area contributed by atoms with Crippen LogP contribution in [-0.2, 0) is 25.8 Å². The molecule has 20 heavy (non-hydrogen) atoms. The summed E-state index contributed by atoms with van der Waals surface area (Å²) in [6.07, 6.45) is 3.23. The Morgan fingerprint density at radius 1 is 0.800 bits per heavy atom. The SMILES string of the molecule is CCc1cc(CC)c(-c2ccccc2CN)c(CC)c1. The van der Waals surface area contributed by atoms with E-state index in [4.69, 9.17) is 5.73 Å². The fraction of sp³-hybridized carbons (Fsp3) is 0.368. The molecule has 1 heteroatoms. The van der Waals surface area contributed by atoms with Gasteiger partial charge in [0.25, 0.3) is 0 Å². The summed E-state index contributed by atoms with van der Waals surface area (Å²) in [6, 6.07) is 13.3. The minimum Gasteiger partial charge on any atom is -0.326 e. The van der Waals surface area contributed by atoms with Gasteiger partial charge in [0.05, 0.1) is 0 Å². The first-order valence-corrected chi connectivity index (χ1v) is 7.68. The molecule has 2 aromatic carbocycles. The normalized spacial score (nSPS) is 10.8. The summed E-state index contributed by atoms with van der Waals surface area (Å²) in [5, 5.41) is 0. The summed E-state index contributed by atoms with van der Waals surface area (Å²) >= 11 is 0. The zero-order chi connectivity index (χ0) is 14.5. The molecule has 0 unspecified atom stereocenters. The van der Waals surface area contributed by atoms with Crippen molar-refractivity contribution < 1.29 is 0 Å². The lowest BCUT2D eigenvalue weighted by molar-refractivity contribution is 1.03. The first kappa shape index (κ1) is 14.8. The number of hydrogen-bond acceptors (Lipinski definition) is 1. The van der Waals surface area contributed by atoms with Gasteiger partial charge in [0, 0.05) is 6.54 Å². The predicted octanol–water partition coefficient (Wildman–Crippen LogP) is 4.50. The minimum atomic E-state index is 0.595. The van der Waals surface area contributed by atoms with Crippen LogP contribution < -0.4 is 5.73 Å². The number of nitrogens with two attached hydrogens (primary N) is 1. The fourth-order valence-corrected chi connectivity index (χ4v) is 2.89. The maximum absolute atomic E-state index is 5.93. The molecule has 0 saturated heterocycles. The number of aryl methyl sites for hydroxylation is 3. The summed E-state index contributed by atoms with van der Waals surface area (Å²) in [7, 11) is 0. The molecule has 2 N–H and O–H groups in total. The van der Waals surface area contributed by atoms with E-state index in [0.717, 1.165) is 19.3 Å². The molecule has 0 atom stereocenters. The van der Waals surface area contributed by atoms with Gasteiger partial charge in [0.1, 0.15) is 0 Å². The molecule has 0 saturated carbocycles. The topological polar surface area (TPSA) is 26.0 Å². The van der Waals surface area contributed by atoms with Crippen LogP contribution in [0.2, 0.25) is 0 Å². The van der Waals surface area contributed by atoms with Crippen molar-refractivity contribution in [1.29, 1.82) is 0 Å². The molecule has 2 rings (SSSR count). The second-order valence-corrected chi connectivity index (χ2v) is 5.21. The van der Waals surface area contributed by atoms with E-state index in [1.807, 2.05) is 0 Å². The lowest BCUT2D eigenvalue weighted by Gasteiger charge is -2.18. The van der Waals surface area contributed by atoms with Gasteiger partial charge in [0.15, 0.2) is 0 Å². The van der Waals surface area contributed by atoms with E-state index >= 15 is 0 Å². The average Bonchev–Trinajstić information content (AvgIpc) is 2.53. The summed E-state index contributed by atoms with van der Waals surface area (Å²) in [5.74, 6) is 0. The third-order valence-corrected chi connectivity index (χ3v) is 4.04. The summed E-state index contributed by atoms with van der Waals surface area (Å²) in [4.78, 5) is 0. The Bertz CT molecular complexity index is 559. The third-order valence-electron chi connectivity index (χ3n) is 4.04. The van der Waals surface area contributed by atoms with Crippen LogP contribution in [-0.4, -0.2) is 0 Å². The molecule has 0 heterocycles. The van der Waals surface area contributed by atoms with Gasteiger partial charge < -0.3 is 5.73 Å². The maximum Gasteiger partial charge on any atom is 0.0184 e. The third kappa shape index (κ3) is 2.78. The molecule has 0 aliphatic carbocycles. The van der Waals surface area contributed by atoms with Crippen LogP contribution in [0, 0.1) is 0 Å². The van der Waals surface area contributed by atoms with Crippen molar-refractivity contribution in [3.8, 4) is 11.1 Å². The molecule has 106 valence electrons. The highest BCUT2D eigenvalue weighted by Crippen LogP contribution is 2.32. The number of rotatable bonds is 5. The highest BCUT2D eigenvalue weighted by atomic mass is 14.5. The summed E-state index contributed by atoms with van der Waals surface area (Å²) in [5.41, 5.74) is 14.2. The van der Waals surface area contributed by atoms with E-state index < -0.39 is 0 Å². The van der Waals surface area contributed by atoms with Crippen molar-refractivity contribution >= 4 is 0 Å². The van der Waals surface area contributed by atoms with Crippen molar-refractivity contribution in [3.63, 3.8) is 0 Å². The van der Waals surface area contributed by atoms with E-state index in [2.05, 4.69) is 57.2 Å². The van der Waals surface area contributed by atoms with E-state index in [0.29, 0.717) is 6.54 Å². The van der Waals surface area contributed by atoms with Crippen LogP contribution in [0.25, 0.3) is 11.1 Å². The molecule has 0 fully saturated rings. The van der Waals surface area contributed by atoms with E-state index in [1.165, 1.54) is 33.4 Å². The Kier molecular flexibility index (Phi) is 4.97. The van der Waals surface area contributed by atoms with E-state index in [9.17, 15) is 0 Å². The predicted molar refractivity (Wildman–Crippen MR) is 87.9 cm³/mol. The Morgan fingerprint density at radius 3 is 1.90 bits per heavy atom. The number of hydrogen-bond donors (Lipinski definition) is 1. The van der Waals surface area contributed by atoms with Crippen LogP contribution >= 0.6 is 0 Å².